The van der Waals surface area contributed by atoms with E-state index in [-0.39, 0.29) is 5.54 Å². The molecule has 0 aromatic heterocycles. The van der Waals surface area contributed by atoms with Gasteiger partial charge in [-0.2, -0.15) is 5.26 Å². The van der Waals surface area contributed by atoms with E-state index in [0.717, 1.165) is 18.5 Å². The van der Waals surface area contributed by atoms with E-state index in [1.54, 1.807) is 0 Å². The summed E-state index contributed by atoms with van der Waals surface area (Å²) in [5.74, 6) is 0.643. The van der Waals surface area contributed by atoms with Crippen LogP contribution in [0.4, 0.5) is 5.69 Å². The SMILES string of the molecule is CC1CC(C#N)(Nc2ccc(Cl)cc2)C1. The third-order valence-corrected chi connectivity index (χ3v) is 3.09. The molecule has 1 saturated carbocycles. The second-order valence-corrected chi connectivity index (χ2v) is 4.78. The maximum absolute atomic E-state index is 9.13. The molecule has 0 bridgehead atoms. The summed E-state index contributed by atoms with van der Waals surface area (Å²) in [6, 6.07) is 9.84. The van der Waals surface area contributed by atoms with Crippen molar-refractivity contribution in [2.45, 2.75) is 25.3 Å². The first-order valence-corrected chi connectivity index (χ1v) is 5.46. The monoisotopic (exact) mass is 220 g/mol. The van der Waals surface area contributed by atoms with Crippen LogP contribution in [0.25, 0.3) is 0 Å². The highest BCUT2D eigenvalue weighted by atomic mass is 35.5. The Hall–Kier alpha value is -1.20. The van der Waals surface area contributed by atoms with Gasteiger partial charge in [-0.05, 0) is 43.0 Å². The zero-order chi connectivity index (χ0) is 10.9. The lowest BCUT2D eigenvalue weighted by atomic mass is 9.70. The van der Waals surface area contributed by atoms with E-state index in [9.17, 15) is 0 Å². The van der Waals surface area contributed by atoms with Crippen LogP contribution in [-0.2, 0) is 0 Å². The van der Waals surface area contributed by atoms with Crippen molar-refractivity contribution >= 4 is 17.3 Å². The third kappa shape index (κ3) is 2.08. The van der Waals surface area contributed by atoms with Gasteiger partial charge < -0.3 is 5.32 Å². The van der Waals surface area contributed by atoms with Crippen LogP contribution in [0.5, 0.6) is 0 Å². The van der Waals surface area contributed by atoms with Gasteiger partial charge in [0.1, 0.15) is 5.54 Å². The Morgan fingerprint density at radius 3 is 2.47 bits per heavy atom. The minimum absolute atomic E-state index is 0.354. The highest BCUT2D eigenvalue weighted by molar-refractivity contribution is 6.30. The average Bonchev–Trinajstić information content (AvgIpc) is 2.18. The van der Waals surface area contributed by atoms with Gasteiger partial charge in [-0.25, -0.2) is 0 Å². The molecule has 0 atom stereocenters. The highest BCUT2D eigenvalue weighted by Crippen LogP contribution is 2.39. The van der Waals surface area contributed by atoms with Gasteiger partial charge in [-0.3, -0.25) is 0 Å². The molecule has 78 valence electrons. The standard InChI is InChI=1S/C12H13ClN2/c1-9-6-12(7-9,8-14)15-11-4-2-10(13)3-5-11/h2-5,9,15H,6-7H2,1H3. The number of rotatable bonds is 2. The summed E-state index contributed by atoms with van der Waals surface area (Å²) >= 11 is 5.80. The lowest BCUT2D eigenvalue weighted by molar-refractivity contribution is 0.244. The van der Waals surface area contributed by atoms with Crippen molar-refractivity contribution in [2.24, 2.45) is 5.92 Å². The van der Waals surface area contributed by atoms with Crippen LogP contribution in [0.3, 0.4) is 0 Å². The molecule has 2 rings (SSSR count). The Morgan fingerprint density at radius 2 is 2.00 bits per heavy atom. The molecule has 1 aliphatic carbocycles. The number of halogens is 1. The number of anilines is 1. The van der Waals surface area contributed by atoms with Gasteiger partial charge in [0.2, 0.25) is 0 Å². The van der Waals surface area contributed by atoms with Crippen molar-refractivity contribution in [2.75, 3.05) is 5.32 Å². The lowest BCUT2D eigenvalue weighted by Gasteiger charge is -2.42. The fraction of sp³-hybridized carbons (Fsp3) is 0.417. The van der Waals surface area contributed by atoms with Gasteiger partial charge >= 0.3 is 0 Å². The molecule has 1 N–H and O–H groups in total. The minimum Gasteiger partial charge on any atom is -0.367 e. The maximum atomic E-state index is 9.13. The summed E-state index contributed by atoms with van der Waals surface area (Å²) in [5, 5.41) is 13.1. The first kappa shape index (κ1) is 10.3. The van der Waals surface area contributed by atoms with Crippen LogP contribution in [-0.4, -0.2) is 5.54 Å². The molecular formula is C12H13ClN2. The van der Waals surface area contributed by atoms with E-state index in [2.05, 4.69) is 18.3 Å². The number of benzene rings is 1. The van der Waals surface area contributed by atoms with Gasteiger partial charge in [-0.1, -0.05) is 18.5 Å². The molecule has 0 spiro atoms. The van der Waals surface area contributed by atoms with Crippen LogP contribution in [0.15, 0.2) is 24.3 Å². The van der Waals surface area contributed by atoms with Gasteiger partial charge in [0, 0.05) is 10.7 Å². The van der Waals surface area contributed by atoms with Gasteiger partial charge in [0.25, 0.3) is 0 Å². The average molecular weight is 221 g/mol. The summed E-state index contributed by atoms with van der Waals surface area (Å²) in [4.78, 5) is 0. The number of nitrogens with zero attached hydrogens (tertiary/aromatic N) is 1. The van der Waals surface area contributed by atoms with Crippen molar-refractivity contribution in [1.29, 1.82) is 5.26 Å². The van der Waals surface area contributed by atoms with E-state index in [1.165, 1.54) is 0 Å². The maximum Gasteiger partial charge on any atom is 0.125 e. The molecule has 1 aromatic rings. The molecular weight excluding hydrogens is 208 g/mol. The number of nitrogens with one attached hydrogen (secondary N) is 1. The summed E-state index contributed by atoms with van der Waals surface area (Å²) in [5.41, 5.74) is 0.612. The zero-order valence-corrected chi connectivity index (χ0v) is 9.38. The molecule has 1 aliphatic rings. The van der Waals surface area contributed by atoms with E-state index in [1.807, 2.05) is 24.3 Å². The molecule has 2 nitrogen and oxygen atoms in total. The largest absolute Gasteiger partial charge is 0.367 e. The van der Waals surface area contributed by atoms with Crippen molar-refractivity contribution in [3.8, 4) is 6.07 Å². The van der Waals surface area contributed by atoms with Gasteiger partial charge in [0.05, 0.1) is 6.07 Å². The number of hydrogen-bond acceptors (Lipinski definition) is 2. The molecule has 1 aromatic carbocycles. The lowest BCUT2D eigenvalue weighted by Crippen LogP contribution is -2.48. The molecule has 1 fully saturated rings. The minimum atomic E-state index is -0.354. The molecule has 0 unspecified atom stereocenters. The Bertz CT molecular complexity index is 385. The number of hydrogen-bond donors (Lipinski definition) is 1. The third-order valence-electron chi connectivity index (χ3n) is 2.84. The summed E-state index contributed by atoms with van der Waals surface area (Å²) in [7, 11) is 0. The Kier molecular flexibility index (Phi) is 2.58. The smallest absolute Gasteiger partial charge is 0.125 e. The molecule has 3 heteroatoms. The zero-order valence-electron chi connectivity index (χ0n) is 8.63. The predicted octanol–water partition coefficient (Wildman–Crippen LogP) is 3.44. The summed E-state index contributed by atoms with van der Waals surface area (Å²) in [6.07, 6.45) is 1.85. The van der Waals surface area contributed by atoms with Crippen LogP contribution in [0.1, 0.15) is 19.8 Å². The first-order chi connectivity index (χ1) is 7.13. The van der Waals surface area contributed by atoms with Gasteiger partial charge in [0.15, 0.2) is 0 Å². The normalized spacial score (nSPS) is 29.0. The van der Waals surface area contributed by atoms with E-state index < -0.39 is 0 Å². The van der Waals surface area contributed by atoms with Crippen molar-refractivity contribution in [1.82, 2.24) is 0 Å². The molecule has 0 heterocycles. The van der Waals surface area contributed by atoms with E-state index in [4.69, 9.17) is 16.9 Å². The number of nitriles is 1. The van der Waals surface area contributed by atoms with Crippen molar-refractivity contribution < 1.29 is 0 Å². The first-order valence-electron chi connectivity index (χ1n) is 5.08. The van der Waals surface area contributed by atoms with Crippen LogP contribution in [0.2, 0.25) is 5.02 Å². The molecule has 0 saturated heterocycles. The predicted molar refractivity (Wildman–Crippen MR) is 61.8 cm³/mol. The highest BCUT2D eigenvalue weighted by Gasteiger charge is 2.42. The van der Waals surface area contributed by atoms with Gasteiger partial charge in [-0.15, -0.1) is 0 Å². The second-order valence-electron chi connectivity index (χ2n) is 4.34. The molecule has 0 radical (unpaired) electrons. The Labute approximate surface area is 94.9 Å². The van der Waals surface area contributed by atoms with Crippen LogP contribution >= 0.6 is 11.6 Å². The Morgan fingerprint density at radius 1 is 1.40 bits per heavy atom. The molecule has 0 amide bonds. The van der Waals surface area contributed by atoms with Crippen LogP contribution in [0, 0.1) is 17.2 Å². The quantitative estimate of drug-likeness (QED) is 0.829. The van der Waals surface area contributed by atoms with Crippen LogP contribution < -0.4 is 5.32 Å². The summed E-state index contributed by atoms with van der Waals surface area (Å²) in [6.45, 7) is 2.17. The Balaban J connectivity index is 2.09. The topological polar surface area (TPSA) is 35.8 Å². The van der Waals surface area contributed by atoms with E-state index >= 15 is 0 Å². The molecule has 0 aliphatic heterocycles. The van der Waals surface area contributed by atoms with E-state index in [0.29, 0.717) is 10.9 Å². The molecule has 15 heavy (non-hydrogen) atoms. The van der Waals surface area contributed by atoms with Crippen molar-refractivity contribution in [3.05, 3.63) is 29.3 Å². The fourth-order valence-corrected chi connectivity index (χ4v) is 2.29. The summed E-state index contributed by atoms with van der Waals surface area (Å²) < 4.78 is 0. The fourth-order valence-electron chi connectivity index (χ4n) is 2.16. The van der Waals surface area contributed by atoms with Crippen molar-refractivity contribution in [3.63, 3.8) is 0 Å². The second kappa shape index (κ2) is 3.75.